The third-order valence-electron chi connectivity index (χ3n) is 3.82. The number of carbonyl (C=O) groups excluding carboxylic acids is 1. The second-order valence-corrected chi connectivity index (χ2v) is 6.91. The Labute approximate surface area is 152 Å². The number of ether oxygens (including phenoxy) is 2. The molecule has 3 nitrogen and oxygen atoms in total. The fraction of sp³-hybridized carbons (Fsp3) is 0.350. The molecular weight excluding hydrogens is 368 g/mol. The van der Waals surface area contributed by atoms with Crippen LogP contribution in [0, 0.1) is 6.92 Å². The van der Waals surface area contributed by atoms with Gasteiger partial charge in [-0.15, -0.1) is 0 Å². The largest absolute Gasteiger partial charge is 0.482 e. The molecule has 0 amide bonds. The highest BCUT2D eigenvalue weighted by molar-refractivity contribution is 9.10. The molecule has 0 heterocycles. The van der Waals surface area contributed by atoms with E-state index in [1.54, 1.807) is 12.1 Å². The summed E-state index contributed by atoms with van der Waals surface area (Å²) in [6, 6.07) is 11.5. The van der Waals surface area contributed by atoms with Gasteiger partial charge in [0.2, 0.25) is 0 Å². The number of esters is 1. The molecule has 0 fully saturated rings. The highest BCUT2D eigenvalue weighted by Gasteiger charge is 2.13. The van der Waals surface area contributed by atoms with Gasteiger partial charge < -0.3 is 9.47 Å². The van der Waals surface area contributed by atoms with E-state index in [-0.39, 0.29) is 6.61 Å². The number of halogens is 1. The zero-order chi connectivity index (χ0) is 17.7. The number of carbonyl (C=O) groups is 1. The summed E-state index contributed by atoms with van der Waals surface area (Å²) >= 11 is 3.54. The molecule has 0 unspecified atom stereocenters. The highest BCUT2D eigenvalue weighted by Crippen LogP contribution is 2.32. The second kappa shape index (κ2) is 8.34. The van der Waals surface area contributed by atoms with Gasteiger partial charge in [-0.2, -0.15) is 0 Å². The molecule has 0 saturated heterocycles. The predicted molar refractivity (Wildman–Crippen MR) is 99.9 cm³/mol. The molecule has 2 aromatic rings. The lowest BCUT2D eigenvalue weighted by Gasteiger charge is -2.15. The number of hydrogen-bond donors (Lipinski definition) is 0. The quantitative estimate of drug-likeness (QED) is 0.487. The summed E-state index contributed by atoms with van der Waals surface area (Å²) in [7, 11) is 0. The lowest BCUT2D eigenvalue weighted by Crippen LogP contribution is -2.18. The Kier molecular flexibility index (Phi) is 6.44. The zero-order valence-electron chi connectivity index (χ0n) is 14.6. The molecule has 24 heavy (non-hydrogen) atoms. The Balaban J connectivity index is 2.01. The minimum absolute atomic E-state index is 0.115. The van der Waals surface area contributed by atoms with Crippen molar-refractivity contribution in [2.24, 2.45) is 0 Å². The molecule has 0 aromatic heterocycles. The van der Waals surface area contributed by atoms with Crippen LogP contribution in [0.2, 0.25) is 0 Å². The van der Waals surface area contributed by atoms with Crippen molar-refractivity contribution in [2.75, 3.05) is 6.61 Å². The third-order valence-corrected chi connectivity index (χ3v) is 4.68. The minimum atomic E-state index is -0.408. The molecule has 0 spiro atoms. The van der Waals surface area contributed by atoms with Crippen molar-refractivity contribution in [3.05, 3.63) is 57.6 Å². The van der Waals surface area contributed by atoms with E-state index >= 15 is 0 Å². The van der Waals surface area contributed by atoms with Crippen molar-refractivity contribution in [3.63, 3.8) is 0 Å². The monoisotopic (exact) mass is 390 g/mol. The topological polar surface area (TPSA) is 35.5 Å². The first-order valence-electron chi connectivity index (χ1n) is 8.13. The molecule has 0 N–H and O–H groups in total. The molecule has 4 heteroatoms. The van der Waals surface area contributed by atoms with Crippen LogP contribution in [0.4, 0.5) is 0 Å². The van der Waals surface area contributed by atoms with Gasteiger partial charge in [-0.25, -0.2) is 4.79 Å². The summed E-state index contributed by atoms with van der Waals surface area (Å²) in [5, 5.41) is 0. The maximum atomic E-state index is 12.0. The number of benzene rings is 2. The van der Waals surface area contributed by atoms with Crippen LogP contribution in [0.1, 0.15) is 43.4 Å². The van der Waals surface area contributed by atoms with Crippen LogP contribution in [-0.4, -0.2) is 12.6 Å². The molecule has 0 aliphatic carbocycles. The van der Waals surface area contributed by atoms with Crippen molar-refractivity contribution in [3.8, 4) is 11.5 Å². The van der Waals surface area contributed by atoms with Crippen molar-refractivity contribution < 1.29 is 14.3 Å². The zero-order valence-corrected chi connectivity index (χ0v) is 16.1. The van der Waals surface area contributed by atoms with Crippen LogP contribution in [0.25, 0.3) is 0 Å². The van der Waals surface area contributed by atoms with Crippen LogP contribution in [0.5, 0.6) is 11.5 Å². The van der Waals surface area contributed by atoms with Crippen LogP contribution in [0.3, 0.4) is 0 Å². The van der Waals surface area contributed by atoms with E-state index in [0.29, 0.717) is 11.7 Å². The average molecular weight is 391 g/mol. The molecule has 0 radical (unpaired) electrons. The van der Waals surface area contributed by atoms with E-state index in [1.165, 1.54) is 5.56 Å². The molecule has 2 aromatic carbocycles. The summed E-state index contributed by atoms with van der Waals surface area (Å²) in [6.07, 6.45) is 0.957. The molecule has 0 aliphatic heterocycles. The summed E-state index contributed by atoms with van der Waals surface area (Å²) in [4.78, 5) is 12.0. The van der Waals surface area contributed by atoms with Gasteiger partial charge in [-0.1, -0.05) is 48.8 Å². The van der Waals surface area contributed by atoms with Crippen molar-refractivity contribution in [1.82, 2.24) is 0 Å². The Morgan fingerprint density at radius 2 is 1.83 bits per heavy atom. The van der Waals surface area contributed by atoms with E-state index in [4.69, 9.17) is 9.47 Å². The summed E-state index contributed by atoms with van der Waals surface area (Å²) in [5.41, 5.74) is 3.34. The molecule has 0 saturated carbocycles. The molecule has 0 aliphatic rings. The van der Waals surface area contributed by atoms with Gasteiger partial charge >= 0.3 is 5.97 Å². The van der Waals surface area contributed by atoms with Crippen molar-refractivity contribution in [2.45, 2.75) is 40.0 Å². The van der Waals surface area contributed by atoms with E-state index in [2.05, 4.69) is 36.7 Å². The Morgan fingerprint density at radius 3 is 2.42 bits per heavy atom. The van der Waals surface area contributed by atoms with Crippen molar-refractivity contribution in [1.29, 1.82) is 0 Å². The Bertz CT molecular complexity index is 706. The van der Waals surface area contributed by atoms with Crippen molar-refractivity contribution >= 4 is 21.9 Å². The predicted octanol–water partition coefficient (Wildman–Crippen LogP) is 5.43. The van der Waals surface area contributed by atoms with Gasteiger partial charge in [0.25, 0.3) is 0 Å². The highest BCUT2D eigenvalue weighted by atomic mass is 79.9. The number of hydrogen-bond acceptors (Lipinski definition) is 3. The normalized spacial score (nSPS) is 10.8. The van der Waals surface area contributed by atoms with Crippen LogP contribution in [0.15, 0.2) is 40.9 Å². The Hall–Kier alpha value is -1.81. The van der Waals surface area contributed by atoms with E-state index in [0.717, 1.165) is 27.8 Å². The van der Waals surface area contributed by atoms with Crippen LogP contribution >= 0.6 is 15.9 Å². The fourth-order valence-corrected chi connectivity index (χ4v) is 2.70. The minimum Gasteiger partial charge on any atom is -0.482 e. The smallest absolute Gasteiger partial charge is 0.349 e. The number of aryl methyl sites for hydroxylation is 2. The first-order valence-corrected chi connectivity index (χ1v) is 8.92. The maximum absolute atomic E-state index is 12.0. The van der Waals surface area contributed by atoms with E-state index in [1.807, 2.05) is 31.2 Å². The molecule has 2 rings (SSSR count). The van der Waals surface area contributed by atoms with Gasteiger partial charge in [0.1, 0.15) is 11.5 Å². The van der Waals surface area contributed by atoms with Crippen LogP contribution < -0.4 is 9.47 Å². The summed E-state index contributed by atoms with van der Waals surface area (Å²) < 4.78 is 12.1. The number of rotatable bonds is 6. The van der Waals surface area contributed by atoms with E-state index in [9.17, 15) is 4.79 Å². The second-order valence-electron chi connectivity index (χ2n) is 6.05. The first-order chi connectivity index (χ1) is 11.4. The van der Waals surface area contributed by atoms with Gasteiger partial charge in [0, 0.05) is 4.47 Å². The summed E-state index contributed by atoms with van der Waals surface area (Å²) in [5.74, 6) is 1.16. The average Bonchev–Trinajstić information content (AvgIpc) is 2.56. The lowest BCUT2D eigenvalue weighted by atomic mass is 10.0. The summed E-state index contributed by atoms with van der Waals surface area (Å²) in [6.45, 7) is 8.15. The SMILES string of the molecule is CCc1ccc(OC(=O)COc2cc(C)c(Br)cc2C(C)C)cc1. The third kappa shape index (κ3) is 4.84. The standard InChI is InChI=1S/C20H23BrO3/c1-5-15-6-8-16(9-7-15)24-20(22)12-23-19-10-14(4)18(21)11-17(19)13(2)3/h6-11,13H,5,12H2,1-4H3. The van der Waals surface area contributed by atoms with Gasteiger partial charge in [-0.3, -0.25) is 0 Å². The molecular formula is C20H23BrO3. The lowest BCUT2D eigenvalue weighted by molar-refractivity contribution is -0.136. The molecule has 0 atom stereocenters. The molecule has 128 valence electrons. The van der Waals surface area contributed by atoms with Gasteiger partial charge in [0.15, 0.2) is 6.61 Å². The fourth-order valence-electron chi connectivity index (χ4n) is 2.34. The van der Waals surface area contributed by atoms with Gasteiger partial charge in [-0.05, 0) is 60.2 Å². The van der Waals surface area contributed by atoms with Gasteiger partial charge in [0.05, 0.1) is 0 Å². The first kappa shape index (κ1) is 18.5. The molecule has 0 bridgehead atoms. The Morgan fingerprint density at radius 1 is 1.17 bits per heavy atom. The van der Waals surface area contributed by atoms with E-state index < -0.39 is 5.97 Å². The maximum Gasteiger partial charge on any atom is 0.349 e. The van der Waals surface area contributed by atoms with Crippen LogP contribution in [-0.2, 0) is 11.2 Å².